The van der Waals surface area contributed by atoms with Gasteiger partial charge in [0.25, 0.3) is 0 Å². The van der Waals surface area contributed by atoms with Crippen LogP contribution in [0.4, 0.5) is 0 Å². The topological polar surface area (TPSA) is 54.0 Å². The van der Waals surface area contributed by atoms with E-state index in [0.717, 1.165) is 43.9 Å². The van der Waals surface area contributed by atoms with Gasteiger partial charge in [-0.05, 0) is 44.8 Å². The maximum Gasteiger partial charge on any atom is 0.500 e. The number of carbonyl (C=O) groups excluding carboxylic acids is 1. The summed E-state index contributed by atoms with van der Waals surface area (Å²) in [5.74, 6) is 1.19. The highest BCUT2D eigenvalue weighted by atomic mass is 32.2. The molecule has 0 heterocycles. The van der Waals surface area contributed by atoms with Gasteiger partial charge in [-0.2, -0.15) is 11.8 Å². The second-order valence-electron chi connectivity index (χ2n) is 5.58. The first-order valence-corrected chi connectivity index (χ1v) is 10.5. The molecule has 0 atom stereocenters. The first kappa shape index (κ1) is 19.0. The Morgan fingerprint density at radius 3 is 2.24 bits per heavy atom. The minimum absolute atomic E-state index is 0.0990. The predicted octanol–water partition coefficient (Wildman–Crippen LogP) is 2.86. The van der Waals surface area contributed by atoms with Crippen molar-refractivity contribution in [2.24, 2.45) is 0 Å². The molecule has 1 fully saturated rings. The quantitative estimate of drug-likeness (QED) is 0.347. The second kappa shape index (κ2) is 9.15. The van der Waals surface area contributed by atoms with Crippen LogP contribution in [0.15, 0.2) is 0 Å². The van der Waals surface area contributed by atoms with Crippen molar-refractivity contribution in [2.45, 2.75) is 50.7 Å². The van der Waals surface area contributed by atoms with Crippen molar-refractivity contribution < 1.29 is 22.8 Å². The normalized spacial score (nSPS) is 17.9. The number of rotatable bonds is 10. The average molecular weight is 337 g/mol. The highest BCUT2D eigenvalue weighted by Gasteiger charge is 2.37. The molecule has 0 unspecified atom stereocenters. The third-order valence-electron chi connectivity index (χ3n) is 3.95. The zero-order chi connectivity index (χ0) is 15.8. The Labute approximate surface area is 133 Å². The Hall–Kier alpha value is -0.0831. The summed E-state index contributed by atoms with van der Waals surface area (Å²) < 4.78 is 21.7. The van der Waals surface area contributed by atoms with Crippen LogP contribution in [-0.2, 0) is 22.8 Å². The predicted molar refractivity (Wildman–Crippen MR) is 86.5 cm³/mol. The monoisotopic (exact) mass is 336 g/mol. The lowest BCUT2D eigenvalue weighted by Gasteiger charge is -2.24. The molecule has 0 saturated heterocycles. The summed E-state index contributed by atoms with van der Waals surface area (Å²) in [6.45, 7) is 2.04. The van der Waals surface area contributed by atoms with Crippen molar-refractivity contribution in [1.29, 1.82) is 0 Å². The standard InChI is InChI=1S/C14H28O5SSi/c1-14(8-5-6-9-14)19-13(15)12-20-10-7-11-21(16-2,17-3)18-4/h5-12H2,1-4H3. The van der Waals surface area contributed by atoms with E-state index in [4.69, 9.17) is 18.0 Å². The van der Waals surface area contributed by atoms with Crippen LogP contribution >= 0.6 is 11.8 Å². The van der Waals surface area contributed by atoms with Gasteiger partial charge in [0.1, 0.15) is 5.60 Å². The molecule has 1 saturated carbocycles. The fourth-order valence-electron chi connectivity index (χ4n) is 2.63. The Kier molecular flexibility index (Phi) is 8.26. The number of esters is 1. The highest BCUT2D eigenvalue weighted by Crippen LogP contribution is 2.32. The van der Waals surface area contributed by atoms with Crippen LogP contribution in [-0.4, -0.2) is 53.2 Å². The summed E-state index contributed by atoms with van der Waals surface area (Å²) >= 11 is 1.60. The Balaban J connectivity index is 2.15. The fourth-order valence-corrected chi connectivity index (χ4v) is 5.33. The maximum atomic E-state index is 11.8. The molecule has 0 amide bonds. The summed E-state index contributed by atoms with van der Waals surface area (Å²) in [4.78, 5) is 11.8. The minimum Gasteiger partial charge on any atom is -0.459 e. The zero-order valence-electron chi connectivity index (χ0n) is 13.6. The van der Waals surface area contributed by atoms with Crippen molar-refractivity contribution in [1.82, 2.24) is 0 Å². The molecule has 0 aromatic heterocycles. The molecule has 1 aliphatic rings. The summed E-state index contributed by atoms with van der Waals surface area (Å²) in [5.41, 5.74) is -0.220. The van der Waals surface area contributed by atoms with E-state index in [1.807, 2.05) is 6.92 Å². The van der Waals surface area contributed by atoms with E-state index in [-0.39, 0.29) is 11.6 Å². The molecule has 124 valence electrons. The van der Waals surface area contributed by atoms with Gasteiger partial charge in [-0.3, -0.25) is 4.79 Å². The van der Waals surface area contributed by atoms with Gasteiger partial charge in [0.2, 0.25) is 0 Å². The van der Waals surface area contributed by atoms with Crippen molar-refractivity contribution in [3.05, 3.63) is 0 Å². The fraction of sp³-hybridized carbons (Fsp3) is 0.929. The third-order valence-corrected chi connectivity index (χ3v) is 7.80. The Bertz CT molecular complexity index is 308. The van der Waals surface area contributed by atoms with Gasteiger partial charge in [-0.25, -0.2) is 0 Å². The molecule has 0 bridgehead atoms. The molecular formula is C14H28O5SSi. The van der Waals surface area contributed by atoms with Gasteiger partial charge in [0.05, 0.1) is 5.75 Å². The molecule has 0 aliphatic heterocycles. The van der Waals surface area contributed by atoms with Crippen LogP contribution in [0.25, 0.3) is 0 Å². The summed E-state index contributed by atoms with van der Waals surface area (Å²) in [6.07, 6.45) is 5.21. The lowest BCUT2D eigenvalue weighted by molar-refractivity contribution is -0.154. The number of carbonyl (C=O) groups is 1. The molecular weight excluding hydrogens is 308 g/mol. The van der Waals surface area contributed by atoms with E-state index in [2.05, 4.69) is 0 Å². The average Bonchev–Trinajstić information content (AvgIpc) is 2.89. The largest absolute Gasteiger partial charge is 0.500 e. The molecule has 0 radical (unpaired) electrons. The summed E-state index contributed by atoms with van der Waals surface area (Å²) in [7, 11) is 2.39. The SMILES string of the molecule is CO[Si](CCCSCC(=O)OC1(C)CCCC1)(OC)OC. The van der Waals surface area contributed by atoms with E-state index in [1.165, 1.54) is 0 Å². The van der Waals surface area contributed by atoms with Crippen LogP contribution in [0.2, 0.25) is 6.04 Å². The van der Waals surface area contributed by atoms with Crippen molar-refractivity contribution >= 4 is 26.5 Å². The van der Waals surface area contributed by atoms with Crippen molar-refractivity contribution in [3.8, 4) is 0 Å². The lowest BCUT2D eigenvalue weighted by Crippen LogP contribution is -2.42. The van der Waals surface area contributed by atoms with E-state index in [1.54, 1.807) is 33.1 Å². The molecule has 1 rings (SSSR count). The van der Waals surface area contributed by atoms with Crippen LogP contribution in [0, 0.1) is 0 Å². The number of hydrogen-bond donors (Lipinski definition) is 0. The van der Waals surface area contributed by atoms with Gasteiger partial charge in [0.15, 0.2) is 0 Å². The first-order chi connectivity index (χ1) is 9.99. The third kappa shape index (κ3) is 6.28. The highest BCUT2D eigenvalue weighted by molar-refractivity contribution is 7.99. The van der Waals surface area contributed by atoms with Gasteiger partial charge in [0, 0.05) is 27.4 Å². The molecule has 0 spiro atoms. The minimum atomic E-state index is -2.47. The van der Waals surface area contributed by atoms with Gasteiger partial charge < -0.3 is 18.0 Å². The number of thioether (sulfide) groups is 1. The van der Waals surface area contributed by atoms with Crippen LogP contribution in [0.3, 0.4) is 0 Å². The van der Waals surface area contributed by atoms with E-state index >= 15 is 0 Å². The molecule has 0 N–H and O–H groups in total. The molecule has 5 nitrogen and oxygen atoms in total. The van der Waals surface area contributed by atoms with Crippen molar-refractivity contribution in [2.75, 3.05) is 32.8 Å². The summed E-state index contributed by atoms with van der Waals surface area (Å²) in [6, 6.07) is 0.760. The van der Waals surface area contributed by atoms with Crippen LogP contribution < -0.4 is 0 Å². The van der Waals surface area contributed by atoms with Gasteiger partial charge in [-0.15, -0.1) is 0 Å². The second-order valence-corrected chi connectivity index (χ2v) is 9.78. The Morgan fingerprint density at radius 2 is 1.71 bits per heavy atom. The van der Waals surface area contributed by atoms with E-state index in [9.17, 15) is 4.79 Å². The van der Waals surface area contributed by atoms with E-state index in [0.29, 0.717) is 5.75 Å². The van der Waals surface area contributed by atoms with Crippen LogP contribution in [0.5, 0.6) is 0 Å². The molecule has 21 heavy (non-hydrogen) atoms. The Morgan fingerprint density at radius 1 is 1.14 bits per heavy atom. The number of ether oxygens (including phenoxy) is 1. The van der Waals surface area contributed by atoms with Crippen LogP contribution in [0.1, 0.15) is 39.0 Å². The molecule has 1 aliphatic carbocycles. The zero-order valence-corrected chi connectivity index (χ0v) is 15.4. The summed E-state index contributed by atoms with van der Waals surface area (Å²) in [5, 5.41) is 0. The maximum absolute atomic E-state index is 11.8. The molecule has 0 aromatic carbocycles. The molecule has 0 aromatic rings. The van der Waals surface area contributed by atoms with Crippen molar-refractivity contribution in [3.63, 3.8) is 0 Å². The smallest absolute Gasteiger partial charge is 0.459 e. The van der Waals surface area contributed by atoms with Gasteiger partial charge >= 0.3 is 14.8 Å². The van der Waals surface area contributed by atoms with E-state index < -0.39 is 8.80 Å². The molecule has 7 heteroatoms. The number of hydrogen-bond acceptors (Lipinski definition) is 6. The lowest BCUT2D eigenvalue weighted by atomic mass is 10.1. The first-order valence-electron chi connectivity index (χ1n) is 7.44. The van der Waals surface area contributed by atoms with Gasteiger partial charge in [-0.1, -0.05) is 0 Å².